The average Bonchev–Trinajstić information content (AvgIpc) is 2.83. The van der Waals surface area contributed by atoms with E-state index in [0.717, 1.165) is 0 Å². The van der Waals surface area contributed by atoms with E-state index in [4.69, 9.17) is 26.6 Å². The molecule has 9 heteroatoms. The first-order chi connectivity index (χ1) is 11.5. The molecule has 1 unspecified atom stereocenters. The van der Waals surface area contributed by atoms with Crippen LogP contribution in [0.25, 0.3) is 0 Å². The van der Waals surface area contributed by atoms with Crippen LogP contribution in [0.3, 0.4) is 0 Å². The molecule has 0 bridgehead atoms. The molecule has 1 fully saturated rings. The number of aliphatic hydroxyl groups excluding tert-OH is 1. The van der Waals surface area contributed by atoms with Gasteiger partial charge in [-0.05, 0) is 12.1 Å². The van der Waals surface area contributed by atoms with Crippen LogP contribution in [0, 0.1) is 0 Å². The number of aliphatic imine (C=N–C) groups is 1. The number of carbonyl (C=O) groups is 2. The van der Waals surface area contributed by atoms with Gasteiger partial charge in [0.15, 0.2) is 0 Å². The molecule has 2 aliphatic rings. The molecule has 24 heavy (non-hydrogen) atoms. The van der Waals surface area contributed by atoms with Crippen LogP contribution in [0.2, 0.25) is 5.02 Å². The van der Waals surface area contributed by atoms with Crippen molar-refractivity contribution in [3.8, 4) is 5.75 Å². The van der Waals surface area contributed by atoms with Crippen molar-refractivity contribution in [3.63, 3.8) is 0 Å². The molecule has 0 aliphatic carbocycles. The van der Waals surface area contributed by atoms with Gasteiger partial charge in [0.05, 0.1) is 30.3 Å². The molecule has 0 saturated carbocycles. The van der Waals surface area contributed by atoms with Gasteiger partial charge in [-0.25, -0.2) is 4.99 Å². The van der Waals surface area contributed by atoms with Gasteiger partial charge in [-0.3, -0.25) is 14.9 Å². The Balaban J connectivity index is 1.87. The molecule has 2 heterocycles. The number of guanidine groups is 1. The van der Waals surface area contributed by atoms with E-state index in [9.17, 15) is 9.59 Å². The fraction of sp³-hybridized carbons (Fsp3) is 0.400. The molecule has 3 rings (SSSR count). The molecular formula is C15H16ClN3O5. The number of carboxylic acids is 1. The second kappa shape index (κ2) is 6.66. The maximum absolute atomic E-state index is 12.0. The second-order valence-electron chi connectivity index (χ2n) is 5.47. The van der Waals surface area contributed by atoms with Crippen molar-refractivity contribution in [3.05, 3.63) is 22.7 Å². The van der Waals surface area contributed by atoms with Crippen molar-refractivity contribution in [2.45, 2.75) is 25.4 Å². The Morgan fingerprint density at radius 3 is 3.00 bits per heavy atom. The number of hydrogen-bond acceptors (Lipinski definition) is 6. The highest BCUT2D eigenvalue weighted by Gasteiger charge is 2.40. The Morgan fingerprint density at radius 2 is 2.29 bits per heavy atom. The third-order valence-corrected chi connectivity index (χ3v) is 4.27. The van der Waals surface area contributed by atoms with Gasteiger partial charge in [-0.1, -0.05) is 11.6 Å². The molecule has 2 aliphatic heterocycles. The largest absolute Gasteiger partial charge is 0.492 e. The average molecular weight is 354 g/mol. The summed E-state index contributed by atoms with van der Waals surface area (Å²) in [5.41, 5.74) is 1.28. The van der Waals surface area contributed by atoms with Crippen LogP contribution in [-0.2, 0) is 16.1 Å². The molecular weight excluding hydrogens is 338 g/mol. The van der Waals surface area contributed by atoms with E-state index < -0.39 is 12.0 Å². The lowest BCUT2D eigenvalue weighted by atomic mass is 10.1. The summed E-state index contributed by atoms with van der Waals surface area (Å²) >= 11 is 6.38. The number of hydrogen-bond donors (Lipinski definition) is 3. The second-order valence-corrected chi connectivity index (χ2v) is 5.85. The van der Waals surface area contributed by atoms with E-state index in [-0.39, 0.29) is 25.5 Å². The zero-order valence-corrected chi connectivity index (χ0v) is 13.4. The minimum absolute atomic E-state index is 0.0225. The zero-order chi connectivity index (χ0) is 17.3. The van der Waals surface area contributed by atoms with Crippen LogP contribution in [0.5, 0.6) is 5.75 Å². The highest BCUT2D eigenvalue weighted by molar-refractivity contribution is 6.33. The number of aliphatic carboxylic acids is 1. The topological polar surface area (TPSA) is 111 Å². The van der Waals surface area contributed by atoms with Crippen molar-refractivity contribution < 1.29 is 24.5 Å². The fourth-order valence-electron chi connectivity index (χ4n) is 2.69. The summed E-state index contributed by atoms with van der Waals surface area (Å²) in [4.78, 5) is 28.9. The monoisotopic (exact) mass is 353 g/mol. The van der Waals surface area contributed by atoms with Crippen molar-refractivity contribution in [2.75, 3.05) is 13.2 Å². The van der Waals surface area contributed by atoms with Gasteiger partial charge in [-0.2, -0.15) is 0 Å². The van der Waals surface area contributed by atoms with E-state index >= 15 is 0 Å². The lowest BCUT2D eigenvalue weighted by Gasteiger charge is -2.28. The van der Waals surface area contributed by atoms with Gasteiger partial charge in [0.2, 0.25) is 11.9 Å². The summed E-state index contributed by atoms with van der Waals surface area (Å²) in [6, 6.07) is 2.60. The molecule has 3 N–H and O–H groups in total. The Hall–Kier alpha value is -2.32. The molecule has 1 atom stereocenters. The third-order valence-electron chi connectivity index (χ3n) is 3.85. The predicted octanol–water partition coefficient (Wildman–Crippen LogP) is 0.877. The number of fused-ring (bicyclic) bond motifs is 2. The molecule has 1 aromatic carbocycles. The number of amides is 1. The summed E-state index contributed by atoms with van der Waals surface area (Å²) in [6.45, 7) is 0.616. The fourth-order valence-corrected chi connectivity index (χ4v) is 2.96. The molecule has 1 aromatic rings. The Morgan fingerprint density at radius 1 is 1.50 bits per heavy atom. The van der Waals surface area contributed by atoms with Gasteiger partial charge < -0.3 is 19.8 Å². The Bertz CT molecular complexity index is 721. The number of carboxylic acid groups (broad SMARTS) is 1. The lowest BCUT2D eigenvalue weighted by Crippen LogP contribution is -2.38. The van der Waals surface area contributed by atoms with Gasteiger partial charge in [-0.15, -0.1) is 0 Å². The molecule has 8 nitrogen and oxygen atoms in total. The summed E-state index contributed by atoms with van der Waals surface area (Å²) < 4.78 is 5.53. The minimum Gasteiger partial charge on any atom is -0.492 e. The standard InChI is InChI=1S/C15H16ClN3O5/c16-13-8-7-19-10(6-12(21)22)14(23)18-15(19)17-9(8)2-3-11(13)24-5-1-4-20/h2-3,10,20H,1,4-7H2,(H,21,22)(H,17,18,23). The zero-order valence-electron chi connectivity index (χ0n) is 12.7. The summed E-state index contributed by atoms with van der Waals surface area (Å²) in [5.74, 6) is -0.645. The number of ether oxygens (including phenoxy) is 1. The Labute approximate surface area is 142 Å². The first-order valence-corrected chi connectivity index (χ1v) is 7.82. The predicted molar refractivity (Wildman–Crippen MR) is 85.5 cm³/mol. The normalized spacial score (nSPS) is 18.6. The number of rotatable bonds is 6. The van der Waals surface area contributed by atoms with E-state index in [0.29, 0.717) is 41.0 Å². The number of nitrogens with zero attached hydrogens (tertiary/aromatic N) is 2. The summed E-state index contributed by atoms with van der Waals surface area (Å²) in [5, 5.41) is 20.8. The van der Waals surface area contributed by atoms with Crippen LogP contribution < -0.4 is 10.1 Å². The quantitative estimate of drug-likeness (QED) is 0.654. The van der Waals surface area contributed by atoms with Crippen LogP contribution in [0.4, 0.5) is 5.69 Å². The van der Waals surface area contributed by atoms with Crippen molar-refractivity contribution in [1.29, 1.82) is 0 Å². The number of carbonyl (C=O) groups excluding carboxylic acids is 1. The van der Waals surface area contributed by atoms with E-state index in [1.54, 1.807) is 17.0 Å². The number of benzene rings is 1. The van der Waals surface area contributed by atoms with Gasteiger partial charge in [0, 0.05) is 18.6 Å². The Kier molecular flexibility index (Phi) is 4.59. The third kappa shape index (κ3) is 3.02. The van der Waals surface area contributed by atoms with Crippen molar-refractivity contribution in [2.24, 2.45) is 4.99 Å². The first kappa shape index (κ1) is 16.5. The van der Waals surface area contributed by atoms with Crippen LogP contribution in [0.15, 0.2) is 17.1 Å². The highest BCUT2D eigenvalue weighted by atomic mass is 35.5. The van der Waals surface area contributed by atoms with Gasteiger partial charge >= 0.3 is 5.97 Å². The van der Waals surface area contributed by atoms with Crippen LogP contribution >= 0.6 is 11.6 Å². The maximum atomic E-state index is 12.0. The van der Waals surface area contributed by atoms with Crippen LogP contribution in [0.1, 0.15) is 18.4 Å². The van der Waals surface area contributed by atoms with Crippen molar-refractivity contribution >= 4 is 35.1 Å². The minimum atomic E-state index is -1.06. The van der Waals surface area contributed by atoms with Crippen molar-refractivity contribution in [1.82, 2.24) is 10.2 Å². The smallest absolute Gasteiger partial charge is 0.305 e. The molecule has 128 valence electrons. The maximum Gasteiger partial charge on any atom is 0.305 e. The molecule has 1 saturated heterocycles. The first-order valence-electron chi connectivity index (χ1n) is 7.44. The van der Waals surface area contributed by atoms with E-state index in [2.05, 4.69) is 10.3 Å². The molecule has 0 aromatic heterocycles. The summed E-state index contributed by atoms with van der Waals surface area (Å²) in [6.07, 6.45) is 0.172. The molecule has 0 spiro atoms. The van der Waals surface area contributed by atoms with Gasteiger partial charge in [0.25, 0.3) is 0 Å². The highest BCUT2D eigenvalue weighted by Crippen LogP contribution is 2.39. The number of aliphatic hydroxyl groups is 1. The van der Waals surface area contributed by atoms with Crippen LogP contribution in [-0.4, -0.2) is 52.2 Å². The van der Waals surface area contributed by atoms with E-state index in [1.165, 1.54) is 0 Å². The molecule has 1 amide bonds. The lowest BCUT2D eigenvalue weighted by molar-refractivity contribution is -0.140. The summed E-state index contributed by atoms with van der Waals surface area (Å²) in [7, 11) is 0. The van der Waals surface area contributed by atoms with E-state index in [1.807, 2.05) is 0 Å². The number of halogens is 1. The SMILES string of the molecule is O=C(O)CC1C(=O)NC2=Nc3ccc(OCCCO)c(Cl)c3CN21. The van der Waals surface area contributed by atoms with Gasteiger partial charge in [0.1, 0.15) is 11.8 Å². The molecule has 0 radical (unpaired) electrons. The number of nitrogens with one attached hydrogen (secondary N) is 1.